The van der Waals surface area contributed by atoms with E-state index in [2.05, 4.69) is 33.9 Å². The Hall–Kier alpha value is -1.43. The zero-order valence-corrected chi connectivity index (χ0v) is 14.3. The molecule has 3 heterocycles. The van der Waals surface area contributed by atoms with Crippen molar-refractivity contribution in [2.24, 2.45) is 0 Å². The van der Waals surface area contributed by atoms with Gasteiger partial charge in [0, 0.05) is 37.9 Å². The molecule has 1 amide bonds. The smallest absolute Gasteiger partial charge is 0.227 e. The molecule has 2 aliphatic rings. The van der Waals surface area contributed by atoms with Crippen LogP contribution in [0.5, 0.6) is 0 Å². The van der Waals surface area contributed by atoms with Crippen LogP contribution in [0.3, 0.4) is 0 Å². The van der Waals surface area contributed by atoms with Crippen molar-refractivity contribution < 1.29 is 9.32 Å². The van der Waals surface area contributed by atoms with Gasteiger partial charge in [-0.2, -0.15) is 4.98 Å². The van der Waals surface area contributed by atoms with Gasteiger partial charge in [-0.3, -0.25) is 4.79 Å². The fourth-order valence-corrected chi connectivity index (χ4v) is 4.00. The third-order valence-corrected chi connectivity index (χ3v) is 5.18. The SMILES string of the molecule is CCCc1noc(CCC(=O)N2CCC[C@H]2[C@@H]2CCCN2C)n1. The number of carbonyl (C=O) groups excluding carboxylic acids is 1. The first-order valence-electron chi connectivity index (χ1n) is 9.00. The van der Waals surface area contributed by atoms with Crippen molar-refractivity contribution in [3.8, 4) is 0 Å². The first-order chi connectivity index (χ1) is 11.2. The molecule has 3 rings (SSSR count). The van der Waals surface area contributed by atoms with Crippen molar-refractivity contribution in [1.82, 2.24) is 19.9 Å². The molecule has 2 aliphatic heterocycles. The standard InChI is InChI=1S/C17H28N4O2/c1-3-6-15-18-16(23-19-15)9-10-17(22)21-12-5-8-14(21)13-7-4-11-20(13)2/h13-14H,3-12H2,1-2H3/t13-,14-/m0/s1. The zero-order valence-electron chi connectivity index (χ0n) is 14.3. The Morgan fingerprint density at radius 3 is 2.74 bits per heavy atom. The first kappa shape index (κ1) is 16.4. The van der Waals surface area contributed by atoms with Gasteiger partial charge in [-0.1, -0.05) is 12.1 Å². The molecule has 1 aromatic rings. The number of amides is 1. The highest BCUT2D eigenvalue weighted by Crippen LogP contribution is 2.29. The van der Waals surface area contributed by atoms with Crippen LogP contribution in [0.1, 0.15) is 57.2 Å². The largest absolute Gasteiger partial charge is 0.339 e. The summed E-state index contributed by atoms with van der Waals surface area (Å²) < 4.78 is 5.23. The van der Waals surface area contributed by atoms with Crippen LogP contribution in [0.15, 0.2) is 4.52 Å². The number of likely N-dealkylation sites (tertiary alicyclic amines) is 2. The molecule has 23 heavy (non-hydrogen) atoms. The first-order valence-corrected chi connectivity index (χ1v) is 9.00. The van der Waals surface area contributed by atoms with Crippen molar-refractivity contribution in [2.75, 3.05) is 20.1 Å². The maximum atomic E-state index is 12.6. The molecule has 0 spiro atoms. The predicted octanol–water partition coefficient (Wildman–Crippen LogP) is 2.04. The second-order valence-corrected chi connectivity index (χ2v) is 6.84. The van der Waals surface area contributed by atoms with Crippen LogP contribution in [0.25, 0.3) is 0 Å². The molecule has 128 valence electrons. The molecule has 0 saturated carbocycles. The molecule has 0 radical (unpaired) electrons. The average molecular weight is 320 g/mol. The van der Waals surface area contributed by atoms with Gasteiger partial charge in [0.2, 0.25) is 11.8 Å². The number of hydrogen-bond acceptors (Lipinski definition) is 5. The number of aryl methyl sites for hydroxylation is 2. The summed E-state index contributed by atoms with van der Waals surface area (Å²) in [5.74, 6) is 1.58. The topological polar surface area (TPSA) is 62.5 Å². The third-order valence-electron chi connectivity index (χ3n) is 5.18. The summed E-state index contributed by atoms with van der Waals surface area (Å²) in [5, 5.41) is 3.95. The Bertz CT molecular complexity index is 530. The highest BCUT2D eigenvalue weighted by molar-refractivity contribution is 5.77. The Labute approximate surface area is 138 Å². The second-order valence-electron chi connectivity index (χ2n) is 6.84. The number of rotatable bonds is 6. The molecular weight excluding hydrogens is 292 g/mol. The molecule has 6 nitrogen and oxygen atoms in total. The van der Waals surface area contributed by atoms with Crippen molar-refractivity contribution in [2.45, 2.75) is 70.4 Å². The molecule has 2 atom stereocenters. The monoisotopic (exact) mass is 320 g/mol. The Morgan fingerprint density at radius 2 is 2.00 bits per heavy atom. The molecule has 0 N–H and O–H groups in total. The minimum Gasteiger partial charge on any atom is -0.339 e. The van der Waals surface area contributed by atoms with Crippen LogP contribution >= 0.6 is 0 Å². The molecule has 1 aromatic heterocycles. The summed E-state index contributed by atoms with van der Waals surface area (Å²) in [6, 6.07) is 0.939. The number of hydrogen-bond donors (Lipinski definition) is 0. The quantitative estimate of drug-likeness (QED) is 0.802. The van der Waals surface area contributed by atoms with Gasteiger partial charge in [-0.05, 0) is 45.7 Å². The normalized spacial score (nSPS) is 25.4. The zero-order chi connectivity index (χ0) is 16.2. The van der Waals surface area contributed by atoms with Crippen molar-refractivity contribution in [3.63, 3.8) is 0 Å². The molecule has 6 heteroatoms. The fraction of sp³-hybridized carbons (Fsp3) is 0.824. The molecule has 0 bridgehead atoms. The maximum absolute atomic E-state index is 12.6. The van der Waals surface area contributed by atoms with E-state index < -0.39 is 0 Å². The highest BCUT2D eigenvalue weighted by Gasteiger charge is 2.38. The van der Waals surface area contributed by atoms with E-state index in [0.29, 0.717) is 30.8 Å². The van der Waals surface area contributed by atoms with Gasteiger partial charge >= 0.3 is 0 Å². The van der Waals surface area contributed by atoms with E-state index >= 15 is 0 Å². The van der Waals surface area contributed by atoms with Crippen LogP contribution in [0, 0.1) is 0 Å². The van der Waals surface area contributed by atoms with Crippen LogP contribution in [0.2, 0.25) is 0 Å². The molecule has 0 unspecified atom stereocenters. The summed E-state index contributed by atoms with van der Waals surface area (Å²) in [6.07, 6.45) is 7.60. The summed E-state index contributed by atoms with van der Waals surface area (Å²) in [4.78, 5) is 21.5. The van der Waals surface area contributed by atoms with Gasteiger partial charge in [-0.25, -0.2) is 0 Å². The van der Waals surface area contributed by atoms with Crippen LogP contribution in [0.4, 0.5) is 0 Å². The van der Waals surface area contributed by atoms with E-state index in [0.717, 1.165) is 44.6 Å². The van der Waals surface area contributed by atoms with Crippen molar-refractivity contribution in [3.05, 3.63) is 11.7 Å². The van der Waals surface area contributed by atoms with Gasteiger partial charge in [0.05, 0.1) is 0 Å². The van der Waals surface area contributed by atoms with Gasteiger partial charge in [0.15, 0.2) is 5.82 Å². The van der Waals surface area contributed by atoms with Gasteiger partial charge in [0.1, 0.15) is 0 Å². The fourth-order valence-electron chi connectivity index (χ4n) is 4.00. The minimum absolute atomic E-state index is 0.239. The van der Waals surface area contributed by atoms with E-state index in [9.17, 15) is 4.79 Å². The second kappa shape index (κ2) is 7.43. The number of carbonyl (C=O) groups is 1. The number of nitrogens with zero attached hydrogens (tertiary/aromatic N) is 4. The number of aromatic nitrogens is 2. The molecule has 2 saturated heterocycles. The molecular formula is C17H28N4O2. The summed E-state index contributed by atoms with van der Waals surface area (Å²) in [6.45, 7) is 4.15. The number of likely N-dealkylation sites (N-methyl/N-ethyl adjacent to an activating group) is 1. The maximum Gasteiger partial charge on any atom is 0.227 e. The van der Waals surface area contributed by atoms with E-state index in [1.54, 1.807) is 0 Å². The van der Waals surface area contributed by atoms with Crippen molar-refractivity contribution >= 4 is 5.91 Å². The summed E-state index contributed by atoms with van der Waals surface area (Å²) >= 11 is 0. The lowest BCUT2D eigenvalue weighted by Crippen LogP contribution is -2.47. The lowest BCUT2D eigenvalue weighted by Gasteiger charge is -2.33. The van der Waals surface area contributed by atoms with E-state index in [-0.39, 0.29) is 5.91 Å². The predicted molar refractivity (Wildman–Crippen MR) is 87.0 cm³/mol. The van der Waals surface area contributed by atoms with E-state index in [4.69, 9.17) is 4.52 Å². The Kier molecular flexibility index (Phi) is 5.30. The van der Waals surface area contributed by atoms with E-state index in [1.165, 1.54) is 12.8 Å². The summed E-state index contributed by atoms with van der Waals surface area (Å²) in [5.41, 5.74) is 0. The van der Waals surface area contributed by atoms with Crippen molar-refractivity contribution in [1.29, 1.82) is 0 Å². The highest BCUT2D eigenvalue weighted by atomic mass is 16.5. The van der Waals surface area contributed by atoms with Crippen LogP contribution in [-0.4, -0.2) is 58.1 Å². The molecule has 2 fully saturated rings. The lowest BCUT2D eigenvalue weighted by atomic mass is 10.0. The average Bonchev–Trinajstić information content (AvgIpc) is 3.25. The van der Waals surface area contributed by atoms with Gasteiger partial charge in [0.25, 0.3) is 0 Å². The van der Waals surface area contributed by atoms with Crippen LogP contribution < -0.4 is 0 Å². The van der Waals surface area contributed by atoms with Gasteiger partial charge < -0.3 is 14.3 Å². The minimum atomic E-state index is 0.239. The summed E-state index contributed by atoms with van der Waals surface area (Å²) in [7, 11) is 2.19. The van der Waals surface area contributed by atoms with E-state index in [1.807, 2.05) is 0 Å². The lowest BCUT2D eigenvalue weighted by molar-refractivity contribution is -0.133. The molecule has 0 aliphatic carbocycles. The van der Waals surface area contributed by atoms with Gasteiger partial charge in [-0.15, -0.1) is 0 Å². The van der Waals surface area contributed by atoms with Crippen LogP contribution in [-0.2, 0) is 17.6 Å². The molecule has 0 aromatic carbocycles. The third kappa shape index (κ3) is 3.74. The Morgan fingerprint density at radius 1 is 1.22 bits per heavy atom. The Balaban J connectivity index is 1.54.